The molecule has 0 aliphatic carbocycles. The maximum absolute atomic E-state index is 12.6. The largest absolute Gasteiger partial charge is 0.508 e. The molecule has 2 amide bonds. The molecule has 7 nitrogen and oxygen atoms in total. The number of carbonyl (C=O) groups excluding carboxylic acids is 2. The number of rotatable bonds is 5. The maximum atomic E-state index is 12.6. The van der Waals surface area contributed by atoms with Crippen LogP contribution in [0.5, 0.6) is 5.75 Å². The van der Waals surface area contributed by atoms with Crippen molar-refractivity contribution in [1.82, 2.24) is 9.80 Å². The van der Waals surface area contributed by atoms with E-state index in [4.69, 9.17) is 9.47 Å². The van der Waals surface area contributed by atoms with Crippen molar-refractivity contribution in [3.8, 4) is 5.75 Å². The molecule has 2 aliphatic heterocycles. The molecule has 2 saturated heterocycles. The number of hydrogen-bond donors (Lipinski definition) is 1. The number of piperazine rings is 1. The molecule has 0 aromatic heterocycles. The first-order chi connectivity index (χ1) is 13.0. The van der Waals surface area contributed by atoms with Crippen LogP contribution in [0.2, 0.25) is 0 Å². The third-order valence-corrected chi connectivity index (χ3v) is 5.15. The molecule has 0 radical (unpaired) electrons. The normalized spacial score (nSPS) is 21.7. The Kier molecular flexibility index (Phi) is 6.68. The average molecular weight is 376 g/mol. The van der Waals surface area contributed by atoms with E-state index >= 15 is 0 Å². The van der Waals surface area contributed by atoms with Crippen LogP contribution in [-0.2, 0) is 14.3 Å². The van der Waals surface area contributed by atoms with Gasteiger partial charge in [-0.05, 0) is 50.5 Å². The summed E-state index contributed by atoms with van der Waals surface area (Å²) in [6.07, 6.45) is 2.81. The highest BCUT2D eigenvalue weighted by atomic mass is 16.5. The zero-order valence-corrected chi connectivity index (χ0v) is 15.8. The van der Waals surface area contributed by atoms with Crippen molar-refractivity contribution in [2.24, 2.45) is 0 Å². The summed E-state index contributed by atoms with van der Waals surface area (Å²) in [5.41, 5.74) is 0.539. The van der Waals surface area contributed by atoms with Gasteiger partial charge in [-0.2, -0.15) is 0 Å². The minimum atomic E-state index is -0.505. The summed E-state index contributed by atoms with van der Waals surface area (Å²) in [6.45, 7) is 4.97. The number of phenolic OH excluding ortho intramolecular Hbond substituents is 1. The molecule has 2 unspecified atom stereocenters. The average Bonchev–Trinajstić information content (AvgIpc) is 2.72. The lowest BCUT2D eigenvalue weighted by molar-refractivity contribution is -0.147. The first kappa shape index (κ1) is 19.6. The molecule has 148 valence electrons. The lowest BCUT2D eigenvalue weighted by Crippen LogP contribution is -2.53. The molecular formula is C20H28N2O5. The van der Waals surface area contributed by atoms with Gasteiger partial charge >= 0.3 is 0 Å². The van der Waals surface area contributed by atoms with Crippen LogP contribution >= 0.6 is 0 Å². The number of nitrogens with zero attached hydrogens (tertiary/aromatic N) is 2. The molecule has 2 atom stereocenters. The number of amides is 2. The summed E-state index contributed by atoms with van der Waals surface area (Å²) in [4.78, 5) is 28.6. The predicted molar refractivity (Wildman–Crippen MR) is 99.6 cm³/mol. The molecule has 2 heterocycles. The molecule has 1 N–H and O–H groups in total. The number of aromatic hydroxyl groups is 1. The van der Waals surface area contributed by atoms with Gasteiger partial charge in [0.25, 0.3) is 11.8 Å². The Morgan fingerprint density at radius 3 is 2.44 bits per heavy atom. The standard InChI is InChI=1S/C20H28N2O5/c1-15(27-14-18-4-2-3-13-26-18)19(24)21-9-11-22(12-10-21)20(25)16-5-7-17(23)8-6-16/h5-8,15,18,23H,2-4,9-14H2,1H3. The summed E-state index contributed by atoms with van der Waals surface area (Å²) in [6, 6.07) is 6.22. The predicted octanol–water partition coefficient (Wildman–Crippen LogP) is 1.65. The topological polar surface area (TPSA) is 79.3 Å². The fourth-order valence-electron chi connectivity index (χ4n) is 3.44. The van der Waals surface area contributed by atoms with Gasteiger partial charge in [-0.15, -0.1) is 0 Å². The highest BCUT2D eigenvalue weighted by Crippen LogP contribution is 2.16. The summed E-state index contributed by atoms with van der Waals surface area (Å²) in [5, 5.41) is 9.33. The van der Waals surface area contributed by atoms with E-state index in [0.29, 0.717) is 38.3 Å². The van der Waals surface area contributed by atoms with E-state index in [1.807, 2.05) is 0 Å². The smallest absolute Gasteiger partial charge is 0.253 e. The van der Waals surface area contributed by atoms with E-state index < -0.39 is 6.10 Å². The van der Waals surface area contributed by atoms with Crippen LogP contribution < -0.4 is 0 Å². The third kappa shape index (κ3) is 5.20. The number of ether oxygens (including phenoxy) is 2. The van der Waals surface area contributed by atoms with Gasteiger partial charge in [-0.25, -0.2) is 0 Å². The van der Waals surface area contributed by atoms with Gasteiger partial charge in [0.2, 0.25) is 0 Å². The molecule has 3 rings (SSSR count). The minimum Gasteiger partial charge on any atom is -0.508 e. The van der Waals surface area contributed by atoms with Crippen molar-refractivity contribution >= 4 is 11.8 Å². The fourth-order valence-corrected chi connectivity index (χ4v) is 3.44. The lowest BCUT2D eigenvalue weighted by atomic mass is 10.1. The van der Waals surface area contributed by atoms with Crippen LogP contribution in [0.15, 0.2) is 24.3 Å². The van der Waals surface area contributed by atoms with Gasteiger partial charge in [-0.1, -0.05) is 0 Å². The summed E-state index contributed by atoms with van der Waals surface area (Å²) in [5.74, 6) is 0.0120. The van der Waals surface area contributed by atoms with Crippen LogP contribution in [0.25, 0.3) is 0 Å². The number of benzene rings is 1. The van der Waals surface area contributed by atoms with Gasteiger partial charge < -0.3 is 24.4 Å². The van der Waals surface area contributed by atoms with E-state index in [9.17, 15) is 14.7 Å². The quantitative estimate of drug-likeness (QED) is 0.845. The SMILES string of the molecule is CC(OCC1CCCCO1)C(=O)N1CCN(C(=O)c2ccc(O)cc2)CC1. The number of carbonyl (C=O) groups is 2. The third-order valence-electron chi connectivity index (χ3n) is 5.15. The lowest BCUT2D eigenvalue weighted by Gasteiger charge is -2.36. The van der Waals surface area contributed by atoms with E-state index in [1.165, 1.54) is 12.1 Å². The van der Waals surface area contributed by atoms with E-state index in [0.717, 1.165) is 25.9 Å². The Bertz CT molecular complexity index is 634. The first-order valence-corrected chi connectivity index (χ1v) is 9.65. The molecule has 2 aliphatic rings. The summed E-state index contributed by atoms with van der Waals surface area (Å²) < 4.78 is 11.4. The number of phenols is 1. The van der Waals surface area contributed by atoms with Crippen LogP contribution in [0.1, 0.15) is 36.5 Å². The summed E-state index contributed by atoms with van der Waals surface area (Å²) >= 11 is 0. The zero-order chi connectivity index (χ0) is 19.2. The van der Waals surface area contributed by atoms with Gasteiger partial charge in [0, 0.05) is 38.3 Å². The van der Waals surface area contributed by atoms with Crippen molar-refractivity contribution in [3.05, 3.63) is 29.8 Å². The highest BCUT2D eigenvalue weighted by Gasteiger charge is 2.28. The summed E-state index contributed by atoms with van der Waals surface area (Å²) in [7, 11) is 0. The molecule has 7 heteroatoms. The van der Waals surface area contributed by atoms with Crippen molar-refractivity contribution in [1.29, 1.82) is 0 Å². The van der Waals surface area contributed by atoms with Crippen LogP contribution in [0, 0.1) is 0 Å². The Labute approximate surface area is 159 Å². The molecule has 0 bridgehead atoms. The molecule has 27 heavy (non-hydrogen) atoms. The number of hydrogen-bond acceptors (Lipinski definition) is 5. The molecular weight excluding hydrogens is 348 g/mol. The molecule has 0 saturated carbocycles. The van der Waals surface area contributed by atoms with E-state index in [-0.39, 0.29) is 23.7 Å². The highest BCUT2D eigenvalue weighted by molar-refractivity contribution is 5.94. The second-order valence-electron chi connectivity index (χ2n) is 7.13. The van der Waals surface area contributed by atoms with Gasteiger partial charge in [0.15, 0.2) is 0 Å². The Hall–Kier alpha value is -2.12. The molecule has 2 fully saturated rings. The second-order valence-corrected chi connectivity index (χ2v) is 7.13. The van der Waals surface area contributed by atoms with E-state index in [1.54, 1.807) is 28.9 Å². The monoisotopic (exact) mass is 376 g/mol. The Morgan fingerprint density at radius 2 is 1.81 bits per heavy atom. The molecule has 0 spiro atoms. The van der Waals surface area contributed by atoms with Crippen molar-refractivity contribution in [2.45, 2.75) is 38.4 Å². The Morgan fingerprint density at radius 1 is 1.15 bits per heavy atom. The van der Waals surface area contributed by atoms with Gasteiger partial charge in [0.05, 0.1) is 12.7 Å². The minimum absolute atomic E-state index is 0.0393. The van der Waals surface area contributed by atoms with Crippen molar-refractivity contribution in [2.75, 3.05) is 39.4 Å². The second kappa shape index (κ2) is 9.19. The first-order valence-electron chi connectivity index (χ1n) is 9.65. The van der Waals surface area contributed by atoms with Crippen LogP contribution in [-0.4, -0.2) is 78.3 Å². The fraction of sp³-hybridized carbons (Fsp3) is 0.600. The zero-order valence-electron chi connectivity index (χ0n) is 15.8. The van der Waals surface area contributed by atoms with Gasteiger partial charge in [-0.3, -0.25) is 9.59 Å². The van der Waals surface area contributed by atoms with Gasteiger partial charge in [0.1, 0.15) is 11.9 Å². The van der Waals surface area contributed by atoms with E-state index in [2.05, 4.69) is 0 Å². The molecule has 1 aromatic carbocycles. The Balaban J connectivity index is 1.44. The molecule has 1 aromatic rings. The van der Waals surface area contributed by atoms with Crippen LogP contribution in [0.4, 0.5) is 0 Å². The maximum Gasteiger partial charge on any atom is 0.253 e. The van der Waals surface area contributed by atoms with Crippen molar-refractivity contribution < 1.29 is 24.2 Å². The van der Waals surface area contributed by atoms with Crippen LogP contribution in [0.3, 0.4) is 0 Å². The van der Waals surface area contributed by atoms with Crippen molar-refractivity contribution in [3.63, 3.8) is 0 Å².